The second-order valence-electron chi connectivity index (χ2n) is 6.06. The highest BCUT2D eigenvalue weighted by Crippen LogP contribution is 2.27. The molecule has 104 valence electrons. The second-order valence-corrected chi connectivity index (χ2v) is 6.46. The van der Waals surface area contributed by atoms with Crippen LogP contribution < -0.4 is 5.73 Å². The lowest BCUT2D eigenvalue weighted by molar-refractivity contribution is 0.313. The summed E-state index contributed by atoms with van der Waals surface area (Å²) in [6, 6.07) is 5.92. The normalized spacial score (nSPS) is 14.0. The van der Waals surface area contributed by atoms with E-state index in [0.717, 1.165) is 34.8 Å². The van der Waals surface area contributed by atoms with Gasteiger partial charge >= 0.3 is 0 Å². The number of aromatic nitrogens is 2. The van der Waals surface area contributed by atoms with Crippen molar-refractivity contribution in [1.82, 2.24) is 9.55 Å². The van der Waals surface area contributed by atoms with Gasteiger partial charge in [-0.3, -0.25) is 0 Å². The number of halogens is 1. The average molecular weight is 280 g/mol. The molecule has 3 nitrogen and oxygen atoms in total. The standard InChI is InChI=1S/C15H22ClN3/c1-5-19-13(9-12(17)15(2,3)4)18-11-8-6-7-10(16)14(11)19/h6-8,12H,5,9,17H2,1-4H3. The van der Waals surface area contributed by atoms with Crippen LogP contribution in [0.25, 0.3) is 11.0 Å². The fraction of sp³-hybridized carbons (Fsp3) is 0.533. The van der Waals surface area contributed by atoms with Gasteiger partial charge in [-0.25, -0.2) is 4.98 Å². The molecule has 2 N–H and O–H groups in total. The number of benzene rings is 1. The minimum atomic E-state index is 0.0699. The van der Waals surface area contributed by atoms with Crippen LogP contribution in [0.15, 0.2) is 18.2 Å². The summed E-state index contributed by atoms with van der Waals surface area (Å²) in [7, 11) is 0. The number of imidazole rings is 1. The van der Waals surface area contributed by atoms with Gasteiger partial charge in [-0.05, 0) is 24.5 Å². The predicted octanol–water partition coefficient (Wildman–Crippen LogP) is 3.63. The Balaban J connectivity index is 2.47. The van der Waals surface area contributed by atoms with Gasteiger partial charge in [0.1, 0.15) is 5.82 Å². The Morgan fingerprint density at radius 1 is 1.37 bits per heavy atom. The first-order valence-corrected chi connectivity index (χ1v) is 7.11. The molecule has 1 atom stereocenters. The van der Waals surface area contributed by atoms with Crippen LogP contribution >= 0.6 is 11.6 Å². The number of fused-ring (bicyclic) bond motifs is 1. The highest BCUT2D eigenvalue weighted by atomic mass is 35.5. The van der Waals surface area contributed by atoms with Crippen molar-refractivity contribution in [3.8, 4) is 0 Å². The van der Waals surface area contributed by atoms with Gasteiger partial charge in [0, 0.05) is 19.0 Å². The van der Waals surface area contributed by atoms with Crippen LogP contribution in [0.5, 0.6) is 0 Å². The van der Waals surface area contributed by atoms with Crippen LogP contribution in [0.2, 0.25) is 5.02 Å². The van der Waals surface area contributed by atoms with Gasteiger partial charge in [0.2, 0.25) is 0 Å². The van der Waals surface area contributed by atoms with Crippen molar-refractivity contribution in [2.45, 2.75) is 46.7 Å². The molecule has 0 spiro atoms. The first kappa shape index (κ1) is 14.4. The molecule has 1 heterocycles. The van der Waals surface area contributed by atoms with Crippen molar-refractivity contribution in [1.29, 1.82) is 0 Å². The fourth-order valence-corrected chi connectivity index (χ4v) is 2.46. The van der Waals surface area contributed by atoms with Crippen LogP contribution in [0.3, 0.4) is 0 Å². The van der Waals surface area contributed by atoms with Crippen molar-refractivity contribution < 1.29 is 0 Å². The number of para-hydroxylation sites is 1. The minimum Gasteiger partial charge on any atom is -0.327 e. The molecule has 0 aliphatic carbocycles. The molecule has 0 saturated heterocycles. The van der Waals surface area contributed by atoms with Gasteiger partial charge < -0.3 is 10.3 Å². The minimum absolute atomic E-state index is 0.0699. The Morgan fingerprint density at radius 3 is 2.63 bits per heavy atom. The van der Waals surface area contributed by atoms with Crippen LogP contribution in [-0.2, 0) is 13.0 Å². The summed E-state index contributed by atoms with van der Waals surface area (Å²) in [6.45, 7) is 9.43. The highest BCUT2D eigenvalue weighted by Gasteiger charge is 2.23. The summed E-state index contributed by atoms with van der Waals surface area (Å²) >= 11 is 6.29. The molecule has 1 aromatic heterocycles. The number of rotatable bonds is 3. The monoisotopic (exact) mass is 279 g/mol. The number of nitrogens with two attached hydrogens (primary N) is 1. The van der Waals surface area contributed by atoms with Gasteiger partial charge in [-0.1, -0.05) is 38.4 Å². The van der Waals surface area contributed by atoms with Gasteiger partial charge in [0.25, 0.3) is 0 Å². The molecule has 1 aromatic carbocycles. The average Bonchev–Trinajstić information content (AvgIpc) is 2.66. The maximum atomic E-state index is 6.29. The van der Waals surface area contributed by atoms with Crippen molar-refractivity contribution in [2.24, 2.45) is 11.1 Å². The smallest absolute Gasteiger partial charge is 0.111 e. The third-order valence-corrected chi connectivity index (χ3v) is 3.93. The molecule has 4 heteroatoms. The van der Waals surface area contributed by atoms with E-state index in [4.69, 9.17) is 22.3 Å². The van der Waals surface area contributed by atoms with Crippen LogP contribution in [0.1, 0.15) is 33.5 Å². The van der Waals surface area contributed by atoms with Gasteiger partial charge in [0.05, 0.1) is 16.1 Å². The second kappa shape index (κ2) is 5.14. The van der Waals surface area contributed by atoms with E-state index in [1.165, 1.54) is 0 Å². The van der Waals surface area contributed by atoms with E-state index in [-0.39, 0.29) is 11.5 Å². The van der Waals surface area contributed by atoms with E-state index in [9.17, 15) is 0 Å². The third kappa shape index (κ3) is 2.77. The molecule has 19 heavy (non-hydrogen) atoms. The molecule has 0 aliphatic heterocycles. The predicted molar refractivity (Wildman–Crippen MR) is 81.6 cm³/mol. The van der Waals surface area contributed by atoms with Crippen LogP contribution in [0.4, 0.5) is 0 Å². The highest BCUT2D eigenvalue weighted by molar-refractivity contribution is 6.35. The van der Waals surface area contributed by atoms with Gasteiger partial charge in [-0.15, -0.1) is 0 Å². The van der Waals surface area contributed by atoms with E-state index < -0.39 is 0 Å². The largest absolute Gasteiger partial charge is 0.327 e. The third-order valence-electron chi connectivity index (χ3n) is 3.63. The zero-order valence-electron chi connectivity index (χ0n) is 12.1. The van der Waals surface area contributed by atoms with Crippen molar-refractivity contribution >= 4 is 22.6 Å². The summed E-state index contributed by atoms with van der Waals surface area (Å²) in [5.74, 6) is 1.02. The molecule has 0 amide bonds. The summed E-state index contributed by atoms with van der Waals surface area (Å²) in [5, 5.41) is 0.752. The molecule has 0 saturated carbocycles. The van der Waals surface area contributed by atoms with E-state index >= 15 is 0 Å². The van der Waals surface area contributed by atoms with E-state index in [1.54, 1.807) is 0 Å². The maximum absolute atomic E-state index is 6.29. The quantitative estimate of drug-likeness (QED) is 0.932. The molecule has 2 aromatic rings. The summed E-state index contributed by atoms with van der Waals surface area (Å²) in [6.07, 6.45) is 0.766. The lowest BCUT2D eigenvalue weighted by atomic mass is 9.85. The van der Waals surface area contributed by atoms with Gasteiger partial charge in [-0.2, -0.15) is 0 Å². The Morgan fingerprint density at radius 2 is 2.05 bits per heavy atom. The molecule has 1 unspecified atom stereocenters. The lowest BCUT2D eigenvalue weighted by Gasteiger charge is -2.26. The van der Waals surface area contributed by atoms with E-state index in [0.29, 0.717) is 0 Å². The Labute approximate surface area is 119 Å². The number of nitrogens with zero attached hydrogens (tertiary/aromatic N) is 2. The van der Waals surface area contributed by atoms with Crippen molar-refractivity contribution in [2.75, 3.05) is 0 Å². The van der Waals surface area contributed by atoms with Crippen molar-refractivity contribution in [3.63, 3.8) is 0 Å². The van der Waals surface area contributed by atoms with Crippen LogP contribution in [-0.4, -0.2) is 15.6 Å². The first-order chi connectivity index (χ1) is 8.84. The first-order valence-electron chi connectivity index (χ1n) is 6.73. The zero-order valence-corrected chi connectivity index (χ0v) is 12.8. The lowest BCUT2D eigenvalue weighted by Crippen LogP contribution is -2.37. The molecule has 0 fully saturated rings. The van der Waals surface area contributed by atoms with Gasteiger partial charge in [0.15, 0.2) is 0 Å². The topological polar surface area (TPSA) is 43.8 Å². The molecular formula is C15H22ClN3. The summed E-state index contributed by atoms with van der Waals surface area (Å²) in [5.41, 5.74) is 8.32. The Bertz CT molecular complexity index is 581. The van der Waals surface area contributed by atoms with Crippen LogP contribution in [0, 0.1) is 5.41 Å². The summed E-state index contributed by atoms with van der Waals surface area (Å²) in [4.78, 5) is 4.70. The molecule has 0 bridgehead atoms. The molecule has 2 rings (SSSR count). The Hall–Kier alpha value is -1.06. The van der Waals surface area contributed by atoms with Crippen molar-refractivity contribution in [3.05, 3.63) is 29.0 Å². The maximum Gasteiger partial charge on any atom is 0.111 e. The molecule has 0 aliphatic rings. The van der Waals surface area contributed by atoms with E-state index in [1.807, 2.05) is 18.2 Å². The van der Waals surface area contributed by atoms with E-state index in [2.05, 4.69) is 32.3 Å². The SMILES string of the molecule is CCn1c(CC(N)C(C)(C)C)nc2cccc(Cl)c21. The summed E-state index contributed by atoms with van der Waals surface area (Å²) < 4.78 is 2.17. The molecule has 0 radical (unpaired) electrons. The number of hydrogen-bond acceptors (Lipinski definition) is 2. The molecular weight excluding hydrogens is 258 g/mol. The number of hydrogen-bond donors (Lipinski definition) is 1. The zero-order chi connectivity index (χ0) is 14.2. The fourth-order valence-electron chi connectivity index (χ4n) is 2.19. The Kier molecular flexibility index (Phi) is 3.88. The number of aryl methyl sites for hydroxylation is 1.